The first-order valence-electron chi connectivity index (χ1n) is 6.03. The highest BCUT2D eigenvalue weighted by atomic mass is 16.5. The molecule has 1 unspecified atom stereocenters. The molecule has 2 aromatic rings. The average molecular weight is 245 g/mol. The molecule has 0 spiro atoms. The summed E-state index contributed by atoms with van der Waals surface area (Å²) in [5, 5.41) is 7.68. The summed E-state index contributed by atoms with van der Waals surface area (Å²) in [7, 11) is 3.62. The van der Waals surface area contributed by atoms with Gasteiger partial charge in [-0.2, -0.15) is 5.10 Å². The fourth-order valence-corrected chi connectivity index (χ4v) is 1.99. The fraction of sp³-hybridized carbons (Fsp3) is 0.357. The summed E-state index contributed by atoms with van der Waals surface area (Å²) < 4.78 is 7.10. The summed E-state index contributed by atoms with van der Waals surface area (Å²) in [6.45, 7) is 4.21. The largest absolute Gasteiger partial charge is 0.497 e. The van der Waals surface area contributed by atoms with Crippen molar-refractivity contribution in [1.82, 2.24) is 15.1 Å². The van der Waals surface area contributed by atoms with Crippen LogP contribution in [0.5, 0.6) is 5.75 Å². The number of nitrogens with one attached hydrogen (secondary N) is 1. The third-order valence-electron chi connectivity index (χ3n) is 3.26. The van der Waals surface area contributed by atoms with Gasteiger partial charge < -0.3 is 10.1 Å². The summed E-state index contributed by atoms with van der Waals surface area (Å²) in [5.74, 6) is 0.854. The lowest BCUT2D eigenvalue weighted by atomic mass is 10.1. The lowest BCUT2D eigenvalue weighted by molar-refractivity contribution is 0.414. The summed E-state index contributed by atoms with van der Waals surface area (Å²) >= 11 is 0. The lowest BCUT2D eigenvalue weighted by Gasteiger charge is -2.10. The van der Waals surface area contributed by atoms with Crippen molar-refractivity contribution in [1.29, 1.82) is 0 Å². The van der Waals surface area contributed by atoms with Crippen LogP contribution in [0.1, 0.15) is 24.2 Å². The number of rotatable bonds is 4. The standard InChI is InChI=1S/C14H19N3O/c1-10(15-3)14-9-16-17(11(14)2)12-5-7-13(18-4)8-6-12/h5-10,15H,1-4H3. The molecule has 4 nitrogen and oxygen atoms in total. The third-order valence-corrected chi connectivity index (χ3v) is 3.26. The van der Waals surface area contributed by atoms with Gasteiger partial charge in [0.15, 0.2) is 0 Å². The summed E-state index contributed by atoms with van der Waals surface area (Å²) in [6.07, 6.45) is 1.92. The van der Waals surface area contributed by atoms with Gasteiger partial charge >= 0.3 is 0 Å². The Morgan fingerprint density at radius 3 is 2.50 bits per heavy atom. The molecule has 2 rings (SSSR count). The Kier molecular flexibility index (Phi) is 3.67. The molecule has 1 aromatic heterocycles. The second-order valence-electron chi connectivity index (χ2n) is 4.31. The maximum Gasteiger partial charge on any atom is 0.119 e. The van der Waals surface area contributed by atoms with Crippen molar-refractivity contribution >= 4 is 0 Å². The van der Waals surface area contributed by atoms with Crippen LogP contribution in [-0.2, 0) is 0 Å². The van der Waals surface area contributed by atoms with Crippen molar-refractivity contribution in [2.24, 2.45) is 0 Å². The van der Waals surface area contributed by atoms with Crippen LogP contribution in [0.4, 0.5) is 0 Å². The van der Waals surface area contributed by atoms with E-state index in [0.29, 0.717) is 6.04 Å². The number of aromatic nitrogens is 2. The van der Waals surface area contributed by atoms with E-state index in [-0.39, 0.29) is 0 Å². The number of benzene rings is 1. The third kappa shape index (κ3) is 2.24. The number of ether oxygens (including phenoxy) is 1. The van der Waals surface area contributed by atoms with Crippen molar-refractivity contribution in [2.45, 2.75) is 19.9 Å². The van der Waals surface area contributed by atoms with Crippen LogP contribution in [-0.4, -0.2) is 23.9 Å². The van der Waals surface area contributed by atoms with E-state index >= 15 is 0 Å². The monoisotopic (exact) mass is 245 g/mol. The average Bonchev–Trinajstić information content (AvgIpc) is 2.80. The van der Waals surface area contributed by atoms with Gasteiger partial charge in [0.25, 0.3) is 0 Å². The Bertz CT molecular complexity index is 516. The lowest BCUT2D eigenvalue weighted by Crippen LogP contribution is -2.13. The highest BCUT2D eigenvalue weighted by Crippen LogP contribution is 2.21. The number of hydrogen-bond acceptors (Lipinski definition) is 3. The molecule has 0 aliphatic rings. The summed E-state index contributed by atoms with van der Waals surface area (Å²) in [6, 6.07) is 8.20. The van der Waals surface area contributed by atoms with Crippen molar-refractivity contribution in [3.8, 4) is 11.4 Å². The number of methoxy groups -OCH3 is 1. The molecule has 0 aliphatic carbocycles. The van der Waals surface area contributed by atoms with Crippen LogP contribution in [0.2, 0.25) is 0 Å². The van der Waals surface area contributed by atoms with Gasteiger partial charge in [0, 0.05) is 17.3 Å². The predicted octanol–water partition coefficient (Wildman–Crippen LogP) is 2.47. The highest BCUT2D eigenvalue weighted by Gasteiger charge is 2.12. The number of nitrogens with zero attached hydrogens (tertiary/aromatic N) is 2. The zero-order chi connectivity index (χ0) is 13.1. The molecule has 0 saturated heterocycles. The van der Waals surface area contributed by atoms with Crippen LogP contribution >= 0.6 is 0 Å². The van der Waals surface area contributed by atoms with E-state index in [4.69, 9.17) is 4.74 Å². The highest BCUT2D eigenvalue weighted by molar-refractivity contribution is 5.39. The van der Waals surface area contributed by atoms with Crippen molar-refractivity contribution in [3.05, 3.63) is 41.7 Å². The van der Waals surface area contributed by atoms with E-state index in [1.807, 2.05) is 42.2 Å². The molecular weight excluding hydrogens is 226 g/mol. The molecule has 4 heteroatoms. The number of hydrogen-bond donors (Lipinski definition) is 1. The zero-order valence-corrected chi connectivity index (χ0v) is 11.3. The van der Waals surface area contributed by atoms with Crippen molar-refractivity contribution < 1.29 is 4.74 Å². The van der Waals surface area contributed by atoms with Gasteiger partial charge in [0.1, 0.15) is 5.75 Å². The van der Waals surface area contributed by atoms with Gasteiger partial charge in [-0.25, -0.2) is 4.68 Å². The molecule has 96 valence electrons. The molecule has 0 radical (unpaired) electrons. The van der Waals surface area contributed by atoms with Crippen molar-refractivity contribution in [2.75, 3.05) is 14.2 Å². The summed E-state index contributed by atoms with van der Waals surface area (Å²) in [4.78, 5) is 0. The maximum atomic E-state index is 5.16. The van der Waals surface area contributed by atoms with E-state index in [1.165, 1.54) is 5.56 Å². The van der Waals surface area contributed by atoms with E-state index in [0.717, 1.165) is 17.1 Å². The van der Waals surface area contributed by atoms with Gasteiger partial charge in [-0.15, -0.1) is 0 Å². The Balaban J connectivity index is 2.36. The Hall–Kier alpha value is -1.81. The van der Waals surface area contributed by atoms with E-state index < -0.39 is 0 Å². The summed E-state index contributed by atoms with van der Waals surface area (Å²) in [5.41, 5.74) is 3.41. The van der Waals surface area contributed by atoms with Gasteiger partial charge in [-0.3, -0.25) is 0 Å². The van der Waals surface area contributed by atoms with E-state index in [2.05, 4.69) is 24.3 Å². The topological polar surface area (TPSA) is 39.1 Å². The normalized spacial score (nSPS) is 12.4. The maximum absolute atomic E-state index is 5.16. The molecule has 0 fully saturated rings. The predicted molar refractivity (Wildman–Crippen MR) is 72.3 cm³/mol. The smallest absolute Gasteiger partial charge is 0.119 e. The fourth-order valence-electron chi connectivity index (χ4n) is 1.99. The minimum atomic E-state index is 0.303. The quantitative estimate of drug-likeness (QED) is 0.899. The first-order valence-corrected chi connectivity index (χ1v) is 6.03. The molecule has 18 heavy (non-hydrogen) atoms. The Labute approximate surface area is 108 Å². The van der Waals surface area contributed by atoms with Crippen LogP contribution in [0.25, 0.3) is 5.69 Å². The molecule has 1 N–H and O–H groups in total. The minimum absolute atomic E-state index is 0.303. The van der Waals surface area contributed by atoms with Gasteiger partial charge in [-0.05, 0) is 45.2 Å². The zero-order valence-electron chi connectivity index (χ0n) is 11.3. The molecule has 1 atom stereocenters. The molecule has 0 amide bonds. The van der Waals surface area contributed by atoms with Crippen LogP contribution in [0.15, 0.2) is 30.5 Å². The van der Waals surface area contributed by atoms with Gasteiger partial charge in [-0.1, -0.05) is 0 Å². The first kappa shape index (κ1) is 12.6. The van der Waals surface area contributed by atoms with Crippen LogP contribution in [0, 0.1) is 6.92 Å². The van der Waals surface area contributed by atoms with Crippen LogP contribution < -0.4 is 10.1 Å². The van der Waals surface area contributed by atoms with Crippen molar-refractivity contribution in [3.63, 3.8) is 0 Å². The second kappa shape index (κ2) is 5.23. The van der Waals surface area contributed by atoms with Crippen LogP contribution in [0.3, 0.4) is 0 Å². The Morgan fingerprint density at radius 2 is 1.94 bits per heavy atom. The van der Waals surface area contributed by atoms with Gasteiger partial charge in [0.05, 0.1) is 19.0 Å². The SMILES string of the molecule is CNC(C)c1cnn(-c2ccc(OC)cc2)c1C. The minimum Gasteiger partial charge on any atom is -0.497 e. The molecule has 0 saturated carbocycles. The molecular formula is C14H19N3O. The first-order chi connectivity index (χ1) is 8.67. The van der Waals surface area contributed by atoms with Gasteiger partial charge in [0.2, 0.25) is 0 Å². The molecule has 0 aliphatic heterocycles. The second-order valence-corrected chi connectivity index (χ2v) is 4.31. The van der Waals surface area contributed by atoms with E-state index in [1.54, 1.807) is 7.11 Å². The Morgan fingerprint density at radius 1 is 1.28 bits per heavy atom. The molecule has 0 bridgehead atoms. The molecule has 1 aromatic carbocycles. The molecule has 1 heterocycles. The van der Waals surface area contributed by atoms with E-state index in [9.17, 15) is 0 Å².